The van der Waals surface area contributed by atoms with E-state index in [1.807, 2.05) is 0 Å². The number of phenolic OH excluding ortho intramolecular Hbond substituents is 1. The van der Waals surface area contributed by atoms with Gasteiger partial charge in [-0.05, 0) is 35.0 Å². The molecule has 1 aromatic heterocycles. The highest BCUT2D eigenvalue weighted by molar-refractivity contribution is 9.10. The number of hydrogen-bond donors (Lipinski definition) is 2. The number of aromatic nitrogens is 1. The number of pyridine rings is 1. The number of aromatic amines is 1. The van der Waals surface area contributed by atoms with Crippen molar-refractivity contribution in [2.45, 2.75) is 6.92 Å². The van der Waals surface area contributed by atoms with Crippen molar-refractivity contribution in [2.75, 3.05) is 0 Å². The van der Waals surface area contributed by atoms with Crippen molar-refractivity contribution >= 4 is 15.9 Å². The molecule has 96 valence electrons. The van der Waals surface area contributed by atoms with E-state index in [0.717, 1.165) is 6.07 Å². The molecule has 0 aliphatic heterocycles. The Morgan fingerprint density at radius 3 is 2.68 bits per heavy atom. The Kier molecular flexibility index (Phi) is 3.40. The van der Waals surface area contributed by atoms with E-state index in [0.29, 0.717) is 5.69 Å². The molecule has 0 atom stereocenters. The van der Waals surface area contributed by atoms with Gasteiger partial charge in [-0.15, -0.1) is 0 Å². The molecule has 0 amide bonds. The first-order chi connectivity index (χ1) is 8.93. The lowest BCUT2D eigenvalue weighted by Crippen LogP contribution is -2.13. The lowest BCUT2D eigenvalue weighted by molar-refractivity contribution is 0.466. The lowest BCUT2D eigenvalue weighted by Gasteiger charge is -2.08. The number of phenols is 1. The van der Waals surface area contributed by atoms with Gasteiger partial charge in [0.2, 0.25) is 0 Å². The van der Waals surface area contributed by atoms with E-state index in [-0.39, 0.29) is 26.9 Å². The van der Waals surface area contributed by atoms with E-state index in [2.05, 4.69) is 20.9 Å². The van der Waals surface area contributed by atoms with Gasteiger partial charge in [-0.25, -0.2) is 4.39 Å². The number of halogens is 2. The zero-order chi connectivity index (χ0) is 14.2. The average Bonchev–Trinajstić information content (AvgIpc) is 2.33. The zero-order valence-corrected chi connectivity index (χ0v) is 11.4. The summed E-state index contributed by atoms with van der Waals surface area (Å²) in [6, 6.07) is 5.54. The number of H-pyrrole nitrogens is 1. The number of rotatable bonds is 1. The first-order valence-corrected chi connectivity index (χ1v) is 6.05. The molecular weight excluding hydrogens is 315 g/mol. The fourth-order valence-corrected chi connectivity index (χ4v) is 2.10. The summed E-state index contributed by atoms with van der Waals surface area (Å²) in [5, 5.41) is 18.4. The van der Waals surface area contributed by atoms with Crippen molar-refractivity contribution in [2.24, 2.45) is 0 Å². The van der Waals surface area contributed by atoms with Crippen LogP contribution < -0.4 is 5.56 Å². The Morgan fingerprint density at radius 2 is 2.05 bits per heavy atom. The first kappa shape index (κ1) is 13.3. The Morgan fingerprint density at radius 1 is 1.37 bits per heavy atom. The standard InChI is InChI=1S/C13H8BrFN2O2/c1-6-2-7(9(5-16)13(19)17-6)8-3-10(14)12(18)4-11(8)15/h2-4,18H,1H3,(H,17,19). The summed E-state index contributed by atoms with van der Waals surface area (Å²) >= 11 is 3.08. The molecule has 0 fully saturated rings. The number of benzene rings is 1. The van der Waals surface area contributed by atoms with Gasteiger partial charge in [-0.1, -0.05) is 0 Å². The number of aryl methyl sites for hydroxylation is 1. The van der Waals surface area contributed by atoms with Crippen LogP contribution >= 0.6 is 15.9 Å². The summed E-state index contributed by atoms with van der Waals surface area (Å²) in [4.78, 5) is 14.2. The molecule has 6 heteroatoms. The van der Waals surface area contributed by atoms with Crippen molar-refractivity contribution in [1.82, 2.24) is 4.98 Å². The van der Waals surface area contributed by atoms with Gasteiger partial charge in [-0.2, -0.15) is 5.26 Å². The van der Waals surface area contributed by atoms with Crippen molar-refractivity contribution in [3.63, 3.8) is 0 Å². The number of hydrogen-bond acceptors (Lipinski definition) is 3. The zero-order valence-electron chi connectivity index (χ0n) is 9.79. The van der Waals surface area contributed by atoms with Crippen molar-refractivity contribution < 1.29 is 9.50 Å². The number of aromatic hydroxyl groups is 1. The van der Waals surface area contributed by atoms with Crippen LogP contribution in [0.3, 0.4) is 0 Å². The van der Waals surface area contributed by atoms with E-state index in [9.17, 15) is 14.3 Å². The van der Waals surface area contributed by atoms with Gasteiger partial charge < -0.3 is 10.1 Å². The molecule has 0 radical (unpaired) electrons. The predicted octanol–water partition coefficient (Wildman–Crippen LogP) is 2.83. The largest absolute Gasteiger partial charge is 0.507 e. The third-order valence-electron chi connectivity index (χ3n) is 2.61. The number of nitrogens with zero attached hydrogens (tertiary/aromatic N) is 1. The summed E-state index contributed by atoms with van der Waals surface area (Å²) in [5.41, 5.74) is 0.0585. The smallest absolute Gasteiger partial charge is 0.266 e. The van der Waals surface area contributed by atoms with Crippen LogP contribution in [-0.2, 0) is 0 Å². The first-order valence-electron chi connectivity index (χ1n) is 5.26. The normalized spacial score (nSPS) is 10.2. The second kappa shape index (κ2) is 4.86. The van der Waals surface area contributed by atoms with Crippen molar-refractivity contribution in [3.8, 4) is 22.9 Å². The summed E-state index contributed by atoms with van der Waals surface area (Å²) in [5.74, 6) is -0.955. The summed E-state index contributed by atoms with van der Waals surface area (Å²) in [6.45, 7) is 1.64. The van der Waals surface area contributed by atoms with Crippen LogP contribution in [0.2, 0.25) is 0 Å². The molecule has 0 unspecified atom stereocenters. The molecule has 2 rings (SSSR count). The predicted molar refractivity (Wildman–Crippen MR) is 71.3 cm³/mol. The Balaban J connectivity index is 2.83. The highest BCUT2D eigenvalue weighted by Crippen LogP contribution is 2.33. The topological polar surface area (TPSA) is 76.9 Å². The summed E-state index contributed by atoms with van der Waals surface area (Å²) in [7, 11) is 0. The fourth-order valence-electron chi connectivity index (χ4n) is 1.75. The minimum atomic E-state index is -0.706. The molecule has 1 aromatic carbocycles. The molecule has 0 saturated heterocycles. The quantitative estimate of drug-likeness (QED) is 0.847. The minimum absolute atomic E-state index is 0.0791. The Labute approximate surface area is 116 Å². The molecule has 0 bridgehead atoms. The third-order valence-corrected chi connectivity index (χ3v) is 3.24. The number of nitrogens with one attached hydrogen (secondary N) is 1. The third kappa shape index (κ3) is 2.37. The molecule has 1 heterocycles. The van der Waals surface area contributed by atoms with E-state index >= 15 is 0 Å². The van der Waals surface area contributed by atoms with Gasteiger partial charge in [0.25, 0.3) is 5.56 Å². The minimum Gasteiger partial charge on any atom is -0.507 e. The lowest BCUT2D eigenvalue weighted by atomic mass is 10.0. The molecule has 2 N–H and O–H groups in total. The van der Waals surface area contributed by atoms with Crippen molar-refractivity contribution in [3.05, 3.63) is 50.1 Å². The van der Waals surface area contributed by atoms with Crippen molar-refractivity contribution in [1.29, 1.82) is 5.26 Å². The average molecular weight is 323 g/mol. The Bertz CT molecular complexity index is 762. The molecule has 19 heavy (non-hydrogen) atoms. The van der Waals surface area contributed by atoms with Crippen LogP contribution in [0.15, 0.2) is 27.5 Å². The van der Waals surface area contributed by atoms with Crippen LogP contribution in [-0.4, -0.2) is 10.1 Å². The summed E-state index contributed by atoms with van der Waals surface area (Å²) in [6.07, 6.45) is 0. The maximum absolute atomic E-state index is 13.9. The molecule has 2 aromatic rings. The molecule has 0 aliphatic carbocycles. The van der Waals surface area contributed by atoms with Crippen LogP contribution in [0.1, 0.15) is 11.3 Å². The molecule has 0 spiro atoms. The van der Waals surface area contributed by atoms with E-state index in [1.54, 1.807) is 13.0 Å². The molecule has 0 aliphatic rings. The monoisotopic (exact) mass is 322 g/mol. The van der Waals surface area contributed by atoms with E-state index in [4.69, 9.17) is 5.26 Å². The maximum atomic E-state index is 13.9. The molecule has 0 saturated carbocycles. The van der Waals surface area contributed by atoms with Crippen LogP contribution in [0.4, 0.5) is 4.39 Å². The van der Waals surface area contributed by atoms with Gasteiger partial charge in [0, 0.05) is 22.9 Å². The summed E-state index contributed by atoms with van der Waals surface area (Å²) < 4.78 is 14.2. The van der Waals surface area contributed by atoms with Crippen LogP contribution in [0.25, 0.3) is 11.1 Å². The highest BCUT2D eigenvalue weighted by Gasteiger charge is 2.16. The van der Waals surface area contributed by atoms with Gasteiger partial charge in [0.05, 0.1) is 4.47 Å². The maximum Gasteiger partial charge on any atom is 0.266 e. The molecule has 4 nitrogen and oxygen atoms in total. The van der Waals surface area contributed by atoms with Crippen LogP contribution in [0.5, 0.6) is 5.75 Å². The molecular formula is C13H8BrFN2O2. The second-order valence-corrected chi connectivity index (χ2v) is 4.82. The highest BCUT2D eigenvalue weighted by atomic mass is 79.9. The van der Waals surface area contributed by atoms with E-state index in [1.165, 1.54) is 12.1 Å². The van der Waals surface area contributed by atoms with Gasteiger partial charge in [0.1, 0.15) is 23.2 Å². The number of nitriles is 1. The van der Waals surface area contributed by atoms with Crippen LogP contribution in [0, 0.1) is 24.1 Å². The van der Waals surface area contributed by atoms with Gasteiger partial charge in [0.15, 0.2) is 0 Å². The van der Waals surface area contributed by atoms with Gasteiger partial charge in [-0.3, -0.25) is 4.79 Å². The SMILES string of the molecule is Cc1cc(-c2cc(Br)c(O)cc2F)c(C#N)c(=O)[nH]1. The van der Waals surface area contributed by atoms with Gasteiger partial charge >= 0.3 is 0 Å². The second-order valence-electron chi connectivity index (χ2n) is 3.97. The Hall–Kier alpha value is -2.13. The van der Waals surface area contributed by atoms with E-state index < -0.39 is 11.4 Å². The fraction of sp³-hybridized carbons (Fsp3) is 0.0769.